The third kappa shape index (κ3) is 2.54. The second-order valence-corrected chi connectivity index (χ2v) is 4.43. The number of nitrogens with zero attached hydrogens (tertiary/aromatic N) is 4. The van der Waals surface area contributed by atoms with Crippen molar-refractivity contribution in [2.45, 2.75) is 18.9 Å². The molecule has 2 heterocycles. The number of tetrazole rings is 1. The summed E-state index contributed by atoms with van der Waals surface area (Å²) >= 11 is 0. The normalized spacial score (nSPS) is 18.3. The summed E-state index contributed by atoms with van der Waals surface area (Å²) in [5.41, 5.74) is 0.894. The van der Waals surface area contributed by atoms with Crippen LogP contribution in [0.3, 0.4) is 0 Å². The molecule has 7 nitrogen and oxygen atoms in total. The minimum Gasteiger partial charge on any atom is -0.352 e. The Morgan fingerprint density at radius 3 is 2.95 bits per heavy atom. The van der Waals surface area contributed by atoms with Crippen LogP contribution < -0.4 is 10.6 Å². The molecule has 0 bridgehead atoms. The minimum absolute atomic E-state index is 0.106. The Morgan fingerprint density at radius 1 is 1.37 bits per heavy atom. The largest absolute Gasteiger partial charge is 0.352 e. The summed E-state index contributed by atoms with van der Waals surface area (Å²) in [5, 5.41) is 17.6. The van der Waals surface area contributed by atoms with Gasteiger partial charge in [0.2, 0.25) is 11.9 Å². The number of amides is 1. The van der Waals surface area contributed by atoms with Gasteiger partial charge in [0.25, 0.3) is 0 Å². The van der Waals surface area contributed by atoms with Gasteiger partial charge >= 0.3 is 0 Å². The molecule has 2 aromatic rings. The van der Waals surface area contributed by atoms with Crippen LogP contribution in [0.5, 0.6) is 0 Å². The number of nitrogens with one attached hydrogen (secondary N) is 2. The van der Waals surface area contributed by atoms with Crippen molar-refractivity contribution in [3.05, 3.63) is 30.3 Å². The molecule has 2 N–H and O–H groups in total. The van der Waals surface area contributed by atoms with Crippen LogP contribution in [0, 0.1) is 0 Å². The highest BCUT2D eigenvalue weighted by molar-refractivity contribution is 5.78. The Balaban J connectivity index is 1.69. The summed E-state index contributed by atoms with van der Waals surface area (Å²) in [6.45, 7) is 0.624. The first-order valence-corrected chi connectivity index (χ1v) is 6.20. The smallest absolute Gasteiger partial charge is 0.247 e. The summed E-state index contributed by atoms with van der Waals surface area (Å²) in [5.74, 6) is 0.682. The van der Waals surface area contributed by atoms with E-state index in [0.717, 1.165) is 12.1 Å². The lowest BCUT2D eigenvalue weighted by molar-refractivity contribution is -0.119. The van der Waals surface area contributed by atoms with E-state index < -0.39 is 0 Å². The van der Waals surface area contributed by atoms with Crippen LogP contribution in [0.1, 0.15) is 12.8 Å². The van der Waals surface area contributed by atoms with Crippen LogP contribution in [0.4, 0.5) is 5.95 Å². The molecule has 1 atom stereocenters. The van der Waals surface area contributed by atoms with E-state index in [1.807, 2.05) is 30.3 Å². The van der Waals surface area contributed by atoms with Gasteiger partial charge in [-0.05, 0) is 29.0 Å². The van der Waals surface area contributed by atoms with Crippen molar-refractivity contribution in [2.24, 2.45) is 0 Å². The van der Waals surface area contributed by atoms with Crippen LogP contribution in [0.25, 0.3) is 5.69 Å². The molecule has 1 aromatic carbocycles. The molecular weight excluding hydrogens is 244 g/mol. The molecule has 1 fully saturated rings. The van der Waals surface area contributed by atoms with Crippen LogP contribution >= 0.6 is 0 Å². The Labute approximate surface area is 110 Å². The molecule has 7 heteroatoms. The molecule has 1 aliphatic rings. The molecule has 0 spiro atoms. The van der Waals surface area contributed by atoms with Crippen molar-refractivity contribution in [1.29, 1.82) is 0 Å². The lowest BCUT2D eigenvalue weighted by Crippen LogP contribution is -2.32. The number of aromatic nitrogens is 4. The number of anilines is 1. The number of rotatable bonds is 4. The van der Waals surface area contributed by atoms with Gasteiger partial charge < -0.3 is 10.6 Å². The van der Waals surface area contributed by atoms with Gasteiger partial charge in [0.1, 0.15) is 0 Å². The quantitative estimate of drug-likeness (QED) is 0.826. The number of carbonyl (C=O) groups excluding carboxylic acids is 1. The van der Waals surface area contributed by atoms with Crippen molar-refractivity contribution in [2.75, 3.05) is 11.9 Å². The van der Waals surface area contributed by atoms with Crippen molar-refractivity contribution in [1.82, 2.24) is 25.5 Å². The fourth-order valence-electron chi connectivity index (χ4n) is 2.09. The maximum absolute atomic E-state index is 11.1. The average molecular weight is 258 g/mol. The fourth-order valence-corrected chi connectivity index (χ4v) is 2.09. The lowest BCUT2D eigenvalue weighted by atomic mass is 10.2. The van der Waals surface area contributed by atoms with E-state index in [2.05, 4.69) is 26.2 Å². The van der Waals surface area contributed by atoms with Crippen LogP contribution in [-0.2, 0) is 4.79 Å². The number of hydrogen-bond acceptors (Lipinski definition) is 5. The number of para-hydroxylation sites is 1. The van der Waals surface area contributed by atoms with E-state index >= 15 is 0 Å². The van der Waals surface area contributed by atoms with E-state index in [4.69, 9.17) is 0 Å². The summed E-state index contributed by atoms with van der Waals surface area (Å²) in [7, 11) is 0. The van der Waals surface area contributed by atoms with E-state index in [1.54, 1.807) is 4.68 Å². The molecule has 1 saturated heterocycles. The molecule has 1 unspecified atom stereocenters. The highest BCUT2D eigenvalue weighted by Crippen LogP contribution is 2.12. The topological polar surface area (TPSA) is 84.7 Å². The number of benzene rings is 1. The average Bonchev–Trinajstić information content (AvgIpc) is 3.06. The molecule has 98 valence electrons. The monoisotopic (exact) mass is 258 g/mol. The summed E-state index contributed by atoms with van der Waals surface area (Å²) in [6.07, 6.45) is 1.44. The molecule has 1 aromatic heterocycles. The lowest BCUT2D eigenvalue weighted by Gasteiger charge is -2.11. The van der Waals surface area contributed by atoms with Gasteiger partial charge in [-0.3, -0.25) is 4.79 Å². The molecule has 19 heavy (non-hydrogen) atoms. The van der Waals surface area contributed by atoms with Gasteiger partial charge in [0, 0.05) is 19.0 Å². The van der Waals surface area contributed by atoms with Gasteiger partial charge in [0.15, 0.2) is 0 Å². The Bertz CT molecular complexity index is 567. The van der Waals surface area contributed by atoms with Crippen molar-refractivity contribution < 1.29 is 4.79 Å². The van der Waals surface area contributed by atoms with Crippen LogP contribution in [-0.4, -0.2) is 38.7 Å². The van der Waals surface area contributed by atoms with E-state index in [0.29, 0.717) is 18.9 Å². The van der Waals surface area contributed by atoms with Gasteiger partial charge in [-0.25, -0.2) is 0 Å². The highest BCUT2D eigenvalue weighted by Gasteiger charge is 2.21. The molecule has 0 aliphatic carbocycles. The summed E-state index contributed by atoms with van der Waals surface area (Å²) in [4.78, 5) is 11.1. The molecule has 1 aliphatic heterocycles. The minimum atomic E-state index is 0.106. The molecular formula is C12H14N6O. The zero-order valence-electron chi connectivity index (χ0n) is 10.3. The third-order valence-corrected chi connectivity index (χ3v) is 3.06. The second-order valence-electron chi connectivity index (χ2n) is 4.43. The van der Waals surface area contributed by atoms with Gasteiger partial charge in [0.05, 0.1) is 5.69 Å². The van der Waals surface area contributed by atoms with Crippen molar-refractivity contribution in [3.8, 4) is 5.69 Å². The van der Waals surface area contributed by atoms with Crippen LogP contribution in [0.2, 0.25) is 0 Å². The predicted octanol–water partition coefficient (Wildman–Crippen LogP) is 0.353. The third-order valence-electron chi connectivity index (χ3n) is 3.06. The predicted molar refractivity (Wildman–Crippen MR) is 68.8 cm³/mol. The fraction of sp³-hybridized carbons (Fsp3) is 0.333. The van der Waals surface area contributed by atoms with Crippen LogP contribution in [0.15, 0.2) is 30.3 Å². The van der Waals surface area contributed by atoms with E-state index in [9.17, 15) is 4.79 Å². The van der Waals surface area contributed by atoms with Crippen molar-refractivity contribution >= 4 is 11.9 Å². The second kappa shape index (κ2) is 5.05. The SMILES string of the molecule is O=C1CCC(CNc2nnnn2-c2ccccc2)N1. The zero-order valence-corrected chi connectivity index (χ0v) is 10.3. The summed E-state index contributed by atoms with van der Waals surface area (Å²) < 4.78 is 1.64. The van der Waals surface area contributed by atoms with Gasteiger partial charge in [-0.1, -0.05) is 23.3 Å². The Morgan fingerprint density at radius 2 is 2.21 bits per heavy atom. The maximum Gasteiger partial charge on any atom is 0.247 e. The maximum atomic E-state index is 11.1. The number of carbonyl (C=O) groups is 1. The first-order chi connectivity index (χ1) is 9.33. The Kier molecular flexibility index (Phi) is 3.09. The number of hydrogen-bond donors (Lipinski definition) is 2. The molecule has 1 amide bonds. The van der Waals surface area contributed by atoms with E-state index in [-0.39, 0.29) is 11.9 Å². The summed E-state index contributed by atoms with van der Waals surface area (Å²) in [6, 6.07) is 9.80. The zero-order chi connectivity index (χ0) is 13.1. The highest BCUT2D eigenvalue weighted by atomic mass is 16.1. The first kappa shape index (κ1) is 11.6. The Hall–Kier alpha value is -2.44. The molecule has 0 saturated carbocycles. The standard InChI is InChI=1S/C12H14N6O/c19-11-7-6-9(14-11)8-13-12-15-16-17-18(12)10-4-2-1-3-5-10/h1-5,9H,6-8H2,(H,14,19)(H,13,15,17). The van der Waals surface area contributed by atoms with E-state index in [1.165, 1.54) is 0 Å². The van der Waals surface area contributed by atoms with Gasteiger partial charge in [-0.15, -0.1) is 0 Å². The first-order valence-electron chi connectivity index (χ1n) is 6.20. The van der Waals surface area contributed by atoms with Crippen molar-refractivity contribution in [3.63, 3.8) is 0 Å². The van der Waals surface area contributed by atoms with Gasteiger partial charge in [-0.2, -0.15) is 4.68 Å². The molecule has 3 rings (SSSR count). The molecule has 0 radical (unpaired) electrons.